The van der Waals surface area contributed by atoms with Gasteiger partial charge in [-0.2, -0.15) is 0 Å². The van der Waals surface area contributed by atoms with Crippen molar-refractivity contribution >= 4 is 23.2 Å². The minimum atomic E-state index is 0.229. The second-order valence-electron chi connectivity index (χ2n) is 8.06. The lowest BCUT2D eigenvalue weighted by Crippen LogP contribution is -2.09. The third-order valence-corrected chi connectivity index (χ3v) is 5.51. The van der Waals surface area contributed by atoms with Gasteiger partial charge in [-0.15, -0.1) is 0 Å². The Morgan fingerprint density at radius 2 is 1.91 bits per heavy atom. The maximum Gasteiger partial charge on any atom is 0.166 e. The Kier molecular flexibility index (Phi) is 6.16. The Balaban J connectivity index is 1.73. The topological polar surface area (TPSA) is 88.2 Å². The Bertz CT molecular complexity index is 1260. The number of aliphatic imine (C=N–C) groups is 1. The van der Waals surface area contributed by atoms with E-state index in [0.29, 0.717) is 12.4 Å². The molecule has 2 aromatic heterocycles. The van der Waals surface area contributed by atoms with Gasteiger partial charge in [-0.05, 0) is 56.0 Å². The first-order valence-corrected chi connectivity index (χ1v) is 10.8. The third kappa shape index (κ3) is 4.32. The van der Waals surface area contributed by atoms with Crippen LogP contribution < -0.4 is 5.32 Å². The van der Waals surface area contributed by atoms with Crippen LogP contribution in [0.2, 0.25) is 0 Å². The summed E-state index contributed by atoms with van der Waals surface area (Å²) in [6.45, 7) is 6.98. The van der Waals surface area contributed by atoms with Crippen LogP contribution in [0.5, 0.6) is 5.75 Å². The molecule has 0 radical (unpaired) electrons. The molecule has 0 aliphatic rings. The maximum atomic E-state index is 9.49. The molecule has 4 rings (SSSR count). The van der Waals surface area contributed by atoms with Gasteiger partial charge < -0.3 is 15.0 Å². The fourth-order valence-corrected chi connectivity index (χ4v) is 3.70. The summed E-state index contributed by atoms with van der Waals surface area (Å²) in [6, 6.07) is 13.6. The standard InChI is InChI=1S/C25H28N6O/c1-16(2)31-15-28-22-24(27-13-12-18-8-10-20(32)11-9-18)29-23(30-25(22)31)21-7-5-6-19(14-26-4)17(21)3/h5-11,14-16,32H,12-13H2,1-4H3,(H,27,29,30). The van der Waals surface area contributed by atoms with E-state index in [2.05, 4.69) is 40.6 Å². The summed E-state index contributed by atoms with van der Waals surface area (Å²) in [4.78, 5) is 18.5. The Hall–Kier alpha value is -3.74. The van der Waals surface area contributed by atoms with Gasteiger partial charge in [0, 0.05) is 31.4 Å². The van der Waals surface area contributed by atoms with Crippen molar-refractivity contribution in [1.82, 2.24) is 19.5 Å². The average molecular weight is 429 g/mol. The van der Waals surface area contributed by atoms with Crippen LogP contribution in [-0.2, 0) is 6.42 Å². The van der Waals surface area contributed by atoms with Crippen LogP contribution in [-0.4, -0.2) is 44.4 Å². The second kappa shape index (κ2) is 9.18. The number of phenolic OH excluding ortho intramolecular Hbond substituents is 1. The lowest BCUT2D eigenvalue weighted by atomic mass is 10.0. The summed E-state index contributed by atoms with van der Waals surface area (Å²) >= 11 is 0. The minimum Gasteiger partial charge on any atom is -0.508 e. The van der Waals surface area contributed by atoms with Crippen LogP contribution in [0, 0.1) is 6.92 Å². The number of aromatic nitrogens is 4. The lowest BCUT2D eigenvalue weighted by molar-refractivity contribution is 0.475. The zero-order valence-electron chi connectivity index (χ0n) is 18.9. The van der Waals surface area contributed by atoms with Crippen LogP contribution in [0.15, 0.2) is 53.8 Å². The van der Waals surface area contributed by atoms with Crippen LogP contribution in [0.1, 0.15) is 36.6 Å². The maximum absolute atomic E-state index is 9.49. The Labute approximate surface area is 187 Å². The molecule has 2 N–H and O–H groups in total. The number of hydrogen-bond donors (Lipinski definition) is 2. The molecule has 2 heterocycles. The molecule has 0 atom stereocenters. The van der Waals surface area contributed by atoms with Crippen molar-refractivity contribution in [3.8, 4) is 17.1 Å². The first kappa shape index (κ1) is 21.5. The quantitative estimate of drug-likeness (QED) is 0.413. The molecule has 0 bridgehead atoms. The SMILES string of the molecule is CN=Cc1cccc(-c2nc(NCCc3ccc(O)cc3)c3ncn(C(C)C)c3n2)c1C. The largest absolute Gasteiger partial charge is 0.508 e. The molecule has 0 fully saturated rings. The molecule has 2 aromatic carbocycles. The molecule has 0 aliphatic carbocycles. The normalized spacial score (nSPS) is 11.7. The number of imidazole rings is 1. The molecule has 0 aliphatic heterocycles. The summed E-state index contributed by atoms with van der Waals surface area (Å²) in [5, 5.41) is 12.9. The first-order valence-electron chi connectivity index (χ1n) is 10.8. The number of anilines is 1. The fraction of sp³-hybridized carbons (Fsp3) is 0.280. The van der Waals surface area contributed by atoms with Crippen molar-refractivity contribution in [2.75, 3.05) is 18.9 Å². The molecule has 0 spiro atoms. The molecule has 164 valence electrons. The van der Waals surface area contributed by atoms with Crippen molar-refractivity contribution in [3.05, 3.63) is 65.5 Å². The van der Waals surface area contributed by atoms with E-state index < -0.39 is 0 Å². The number of hydrogen-bond acceptors (Lipinski definition) is 6. The second-order valence-corrected chi connectivity index (χ2v) is 8.06. The van der Waals surface area contributed by atoms with E-state index in [1.807, 2.05) is 42.9 Å². The summed E-state index contributed by atoms with van der Waals surface area (Å²) < 4.78 is 2.07. The van der Waals surface area contributed by atoms with E-state index in [-0.39, 0.29) is 11.8 Å². The van der Waals surface area contributed by atoms with Gasteiger partial charge in [0.1, 0.15) is 11.3 Å². The van der Waals surface area contributed by atoms with Gasteiger partial charge in [-0.3, -0.25) is 4.99 Å². The number of phenols is 1. The van der Waals surface area contributed by atoms with Crippen molar-refractivity contribution < 1.29 is 5.11 Å². The highest BCUT2D eigenvalue weighted by atomic mass is 16.3. The molecule has 7 heteroatoms. The first-order chi connectivity index (χ1) is 15.5. The van der Waals surface area contributed by atoms with Crippen LogP contribution in [0.4, 0.5) is 5.82 Å². The number of rotatable bonds is 7. The van der Waals surface area contributed by atoms with E-state index in [4.69, 9.17) is 9.97 Å². The highest BCUT2D eigenvalue weighted by Crippen LogP contribution is 2.28. The van der Waals surface area contributed by atoms with Gasteiger partial charge in [0.15, 0.2) is 17.3 Å². The molecular formula is C25H28N6O. The lowest BCUT2D eigenvalue weighted by Gasteiger charge is -2.13. The highest BCUT2D eigenvalue weighted by molar-refractivity contribution is 5.88. The van der Waals surface area contributed by atoms with E-state index in [1.165, 1.54) is 0 Å². The molecule has 4 aromatic rings. The third-order valence-electron chi connectivity index (χ3n) is 5.51. The monoisotopic (exact) mass is 428 g/mol. The minimum absolute atomic E-state index is 0.229. The van der Waals surface area contributed by atoms with Gasteiger partial charge >= 0.3 is 0 Å². The molecule has 32 heavy (non-hydrogen) atoms. The average Bonchev–Trinajstić information content (AvgIpc) is 3.21. The fourth-order valence-electron chi connectivity index (χ4n) is 3.70. The molecule has 0 saturated carbocycles. The van der Waals surface area contributed by atoms with Crippen molar-refractivity contribution in [2.24, 2.45) is 4.99 Å². The van der Waals surface area contributed by atoms with E-state index in [1.54, 1.807) is 19.2 Å². The molecule has 0 unspecified atom stereocenters. The van der Waals surface area contributed by atoms with Crippen LogP contribution in [0.3, 0.4) is 0 Å². The van der Waals surface area contributed by atoms with Crippen molar-refractivity contribution in [3.63, 3.8) is 0 Å². The predicted octanol–water partition coefficient (Wildman–Crippen LogP) is 4.79. The van der Waals surface area contributed by atoms with E-state index >= 15 is 0 Å². The number of fused-ring (bicyclic) bond motifs is 1. The zero-order chi connectivity index (χ0) is 22.7. The van der Waals surface area contributed by atoms with Gasteiger partial charge in [-0.1, -0.05) is 30.3 Å². The Morgan fingerprint density at radius 3 is 2.62 bits per heavy atom. The number of nitrogens with zero attached hydrogens (tertiary/aromatic N) is 5. The van der Waals surface area contributed by atoms with Crippen LogP contribution in [0.25, 0.3) is 22.6 Å². The van der Waals surface area contributed by atoms with Crippen molar-refractivity contribution in [1.29, 1.82) is 0 Å². The van der Waals surface area contributed by atoms with Crippen molar-refractivity contribution in [2.45, 2.75) is 33.2 Å². The van der Waals surface area contributed by atoms with E-state index in [9.17, 15) is 5.11 Å². The number of benzene rings is 2. The van der Waals surface area contributed by atoms with Gasteiger partial charge in [0.05, 0.1) is 6.33 Å². The number of nitrogens with one attached hydrogen (secondary N) is 1. The summed E-state index contributed by atoms with van der Waals surface area (Å²) in [5.74, 6) is 1.65. The number of aromatic hydroxyl groups is 1. The van der Waals surface area contributed by atoms with Gasteiger partial charge in [0.25, 0.3) is 0 Å². The molecule has 0 amide bonds. The summed E-state index contributed by atoms with van der Waals surface area (Å²) in [7, 11) is 1.77. The Morgan fingerprint density at radius 1 is 1.12 bits per heavy atom. The molecular weight excluding hydrogens is 400 g/mol. The van der Waals surface area contributed by atoms with Crippen LogP contribution >= 0.6 is 0 Å². The van der Waals surface area contributed by atoms with Gasteiger partial charge in [-0.25, -0.2) is 15.0 Å². The van der Waals surface area contributed by atoms with Gasteiger partial charge in [0.2, 0.25) is 0 Å². The smallest absolute Gasteiger partial charge is 0.166 e. The highest BCUT2D eigenvalue weighted by Gasteiger charge is 2.17. The molecule has 7 nitrogen and oxygen atoms in total. The molecule has 0 saturated heterocycles. The zero-order valence-corrected chi connectivity index (χ0v) is 18.9. The summed E-state index contributed by atoms with van der Waals surface area (Å²) in [6.07, 6.45) is 4.48. The summed E-state index contributed by atoms with van der Waals surface area (Å²) in [5.41, 5.74) is 5.82. The van der Waals surface area contributed by atoms with E-state index in [0.717, 1.165) is 45.7 Å². The predicted molar refractivity (Wildman–Crippen MR) is 130 cm³/mol.